The molecule has 0 aromatic heterocycles. The zero-order valence-electron chi connectivity index (χ0n) is 23.1. The van der Waals surface area contributed by atoms with Gasteiger partial charge in [-0.2, -0.15) is 13.2 Å². The van der Waals surface area contributed by atoms with Crippen LogP contribution in [-0.4, -0.2) is 40.7 Å². The summed E-state index contributed by atoms with van der Waals surface area (Å²) in [6.45, 7) is -0.288. The number of carbonyl (C=O) groups excluding carboxylic acids is 1. The molecule has 0 unspecified atom stereocenters. The van der Waals surface area contributed by atoms with Crippen molar-refractivity contribution in [2.75, 3.05) is 16.8 Å². The standard InChI is InChI=1S/C31H32BrF3N4O4/c32-24-14-23(31(33,34)35)15-25(16-24)38-30(36)39(26-12-10-21(11-13-26)20-4-2-1-3-5-20)18-19-6-8-22(9-7-19)28(41)37-17-27(40)29(42)43/h6-16,20,27,40H,1-5,17-18H2,(H2,36,38)(H,37,41)(H,42,43)/t27-/m1/s1. The molecule has 3 aromatic carbocycles. The van der Waals surface area contributed by atoms with E-state index in [1.807, 2.05) is 24.3 Å². The number of amides is 1. The Hall–Kier alpha value is -3.90. The fourth-order valence-corrected chi connectivity index (χ4v) is 5.51. The van der Waals surface area contributed by atoms with Crippen LogP contribution in [0.25, 0.3) is 0 Å². The Bertz CT molecular complexity index is 1440. The SMILES string of the molecule is N=C(Nc1cc(Br)cc(C(F)(F)F)c1)N(Cc1ccc(C(=O)NC[C@@H](O)C(=O)O)cc1)c1ccc(C2CCCCC2)cc1. The summed E-state index contributed by atoms with van der Waals surface area (Å²) in [6, 6.07) is 17.6. The Labute approximate surface area is 255 Å². The van der Waals surface area contributed by atoms with Gasteiger partial charge in [0.1, 0.15) is 0 Å². The summed E-state index contributed by atoms with van der Waals surface area (Å²) in [5, 5.41) is 32.2. The van der Waals surface area contributed by atoms with Crippen molar-refractivity contribution in [3.8, 4) is 0 Å². The van der Waals surface area contributed by atoms with Gasteiger partial charge in [0, 0.05) is 21.4 Å². The number of aliphatic hydroxyl groups excluding tert-OH is 1. The van der Waals surface area contributed by atoms with Gasteiger partial charge in [0.25, 0.3) is 5.91 Å². The Balaban J connectivity index is 1.56. The van der Waals surface area contributed by atoms with E-state index >= 15 is 0 Å². The molecule has 0 saturated heterocycles. The van der Waals surface area contributed by atoms with E-state index in [-0.39, 0.29) is 28.2 Å². The van der Waals surface area contributed by atoms with E-state index in [4.69, 9.17) is 10.5 Å². The molecule has 0 spiro atoms. The lowest BCUT2D eigenvalue weighted by Gasteiger charge is -2.27. The third-order valence-electron chi connectivity index (χ3n) is 7.34. The number of hydrogen-bond acceptors (Lipinski definition) is 4. The number of rotatable bonds is 9. The maximum absolute atomic E-state index is 13.4. The number of nitrogens with zero attached hydrogens (tertiary/aromatic N) is 1. The van der Waals surface area contributed by atoms with E-state index in [0.29, 0.717) is 17.2 Å². The highest BCUT2D eigenvalue weighted by Crippen LogP contribution is 2.35. The van der Waals surface area contributed by atoms with Gasteiger partial charge in [0.2, 0.25) is 0 Å². The molecule has 228 valence electrons. The lowest BCUT2D eigenvalue weighted by molar-refractivity contribution is -0.146. The summed E-state index contributed by atoms with van der Waals surface area (Å²) < 4.78 is 40.5. The first kappa shape index (κ1) is 32.0. The first-order valence-electron chi connectivity index (χ1n) is 13.8. The van der Waals surface area contributed by atoms with Crippen molar-refractivity contribution in [2.45, 2.75) is 56.8 Å². The van der Waals surface area contributed by atoms with Crippen LogP contribution in [0.5, 0.6) is 0 Å². The largest absolute Gasteiger partial charge is 0.479 e. The average Bonchev–Trinajstić information content (AvgIpc) is 2.98. The fourth-order valence-electron chi connectivity index (χ4n) is 5.01. The van der Waals surface area contributed by atoms with Gasteiger partial charge < -0.3 is 25.7 Å². The Morgan fingerprint density at radius 1 is 1.00 bits per heavy atom. The summed E-state index contributed by atoms with van der Waals surface area (Å²) in [6.07, 6.45) is -0.419. The minimum Gasteiger partial charge on any atom is -0.479 e. The number of benzene rings is 3. The third kappa shape index (κ3) is 8.80. The predicted molar refractivity (Wildman–Crippen MR) is 161 cm³/mol. The first-order valence-corrected chi connectivity index (χ1v) is 14.6. The molecule has 4 rings (SSSR count). The molecule has 12 heteroatoms. The van der Waals surface area contributed by atoms with Gasteiger partial charge >= 0.3 is 12.1 Å². The lowest BCUT2D eigenvalue weighted by atomic mass is 9.84. The minimum atomic E-state index is -4.56. The summed E-state index contributed by atoms with van der Waals surface area (Å²) >= 11 is 3.12. The van der Waals surface area contributed by atoms with Crippen LogP contribution in [0.4, 0.5) is 24.5 Å². The average molecular weight is 662 g/mol. The molecular weight excluding hydrogens is 629 g/mol. The van der Waals surface area contributed by atoms with Crippen molar-refractivity contribution in [2.24, 2.45) is 0 Å². The van der Waals surface area contributed by atoms with Crippen molar-refractivity contribution in [1.82, 2.24) is 5.32 Å². The van der Waals surface area contributed by atoms with E-state index in [9.17, 15) is 27.9 Å². The van der Waals surface area contributed by atoms with E-state index in [0.717, 1.165) is 25.0 Å². The molecule has 0 heterocycles. The Morgan fingerprint density at radius 2 is 1.65 bits per heavy atom. The number of carboxylic acids is 1. The molecule has 1 atom stereocenters. The van der Waals surface area contributed by atoms with E-state index < -0.39 is 36.3 Å². The van der Waals surface area contributed by atoms with Crippen LogP contribution in [-0.2, 0) is 17.5 Å². The number of hydrogen-bond donors (Lipinski definition) is 5. The molecule has 0 aliphatic heterocycles. The minimum absolute atomic E-state index is 0.0890. The smallest absolute Gasteiger partial charge is 0.416 e. The maximum Gasteiger partial charge on any atom is 0.416 e. The summed E-state index contributed by atoms with van der Waals surface area (Å²) in [7, 11) is 0. The monoisotopic (exact) mass is 660 g/mol. The van der Waals surface area contributed by atoms with Gasteiger partial charge in [-0.05, 0) is 72.4 Å². The summed E-state index contributed by atoms with van der Waals surface area (Å²) in [5.41, 5.74) is 2.05. The number of alkyl halides is 3. The second-order valence-electron chi connectivity index (χ2n) is 10.5. The topological polar surface area (TPSA) is 126 Å². The van der Waals surface area contributed by atoms with Crippen molar-refractivity contribution >= 4 is 45.1 Å². The van der Waals surface area contributed by atoms with Crippen LogP contribution < -0.4 is 15.5 Å². The van der Waals surface area contributed by atoms with Gasteiger partial charge in [-0.1, -0.05) is 59.5 Å². The van der Waals surface area contributed by atoms with Crippen molar-refractivity contribution in [3.05, 3.63) is 93.5 Å². The molecule has 1 saturated carbocycles. The second kappa shape index (κ2) is 14.0. The van der Waals surface area contributed by atoms with Crippen LogP contribution >= 0.6 is 15.9 Å². The number of carbonyl (C=O) groups is 2. The molecule has 0 bridgehead atoms. The maximum atomic E-state index is 13.4. The van der Waals surface area contributed by atoms with Crippen molar-refractivity contribution in [3.63, 3.8) is 0 Å². The molecule has 0 radical (unpaired) electrons. The van der Waals surface area contributed by atoms with E-state index in [1.54, 1.807) is 17.0 Å². The zero-order chi connectivity index (χ0) is 31.1. The highest BCUT2D eigenvalue weighted by Gasteiger charge is 2.31. The second-order valence-corrected chi connectivity index (χ2v) is 11.4. The van der Waals surface area contributed by atoms with Gasteiger partial charge in [0.15, 0.2) is 12.1 Å². The normalized spacial score (nSPS) is 14.5. The molecule has 43 heavy (non-hydrogen) atoms. The molecule has 1 fully saturated rings. The van der Waals surface area contributed by atoms with Crippen molar-refractivity contribution in [1.29, 1.82) is 5.41 Å². The van der Waals surface area contributed by atoms with Crippen LogP contribution in [0.3, 0.4) is 0 Å². The van der Waals surface area contributed by atoms with Gasteiger partial charge in [-0.3, -0.25) is 10.2 Å². The quantitative estimate of drug-likeness (QED) is 0.128. The molecule has 1 amide bonds. The third-order valence-corrected chi connectivity index (χ3v) is 7.79. The Kier molecular flexibility index (Phi) is 10.5. The van der Waals surface area contributed by atoms with Crippen LogP contribution in [0.2, 0.25) is 0 Å². The number of nitrogens with one attached hydrogen (secondary N) is 3. The van der Waals surface area contributed by atoms with Gasteiger partial charge in [-0.25, -0.2) is 4.79 Å². The van der Waals surface area contributed by atoms with Crippen LogP contribution in [0.15, 0.2) is 71.2 Å². The van der Waals surface area contributed by atoms with E-state index in [2.05, 4.69) is 26.6 Å². The summed E-state index contributed by atoms with van der Waals surface area (Å²) in [5.74, 6) is -1.68. The molecule has 1 aliphatic carbocycles. The van der Waals surface area contributed by atoms with Gasteiger partial charge in [0.05, 0.1) is 18.7 Å². The van der Waals surface area contributed by atoms with Crippen molar-refractivity contribution < 1.29 is 33.0 Å². The molecular formula is C31H32BrF3N4O4. The number of halogens is 4. The molecule has 8 nitrogen and oxygen atoms in total. The van der Waals surface area contributed by atoms with Crippen LogP contribution in [0.1, 0.15) is 65.1 Å². The summed E-state index contributed by atoms with van der Waals surface area (Å²) in [4.78, 5) is 24.8. The highest BCUT2D eigenvalue weighted by atomic mass is 79.9. The zero-order valence-corrected chi connectivity index (χ0v) is 24.7. The number of anilines is 2. The highest BCUT2D eigenvalue weighted by molar-refractivity contribution is 9.10. The lowest BCUT2D eigenvalue weighted by Crippen LogP contribution is -2.36. The predicted octanol–water partition coefficient (Wildman–Crippen LogP) is 6.74. The van der Waals surface area contributed by atoms with Gasteiger partial charge in [-0.15, -0.1) is 0 Å². The number of carboxylic acid groups (broad SMARTS) is 1. The number of aliphatic hydroxyl groups is 1. The number of aliphatic carboxylic acids is 1. The van der Waals surface area contributed by atoms with E-state index in [1.165, 1.54) is 43.0 Å². The first-order chi connectivity index (χ1) is 20.4. The Morgan fingerprint density at radius 3 is 2.26 bits per heavy atom. The molecule has 3 aromatic rings. The van der Waals surface area contributed by atoms with Crippen LogP contribution in [0, 0.1) is 5.41 Å². The molecule has 5 N–H and O–H groups in total. The number of guanidine groups is 1. The fraction of sp³-hybridized carbons (Fsp3) is 0.323. The molecule has 1 aliphatic rings.